The van der Waals surface area contributed by atoms with Gasteiger partial charge in [0.05, 0.1) is 5.52 Å². The number of carbonyl (C=O) groups is 2. The third kappa shape index (κ3) is 2.80. The highest BCUT2D eigenvalue weighted by Gasteiger charge is 2.12. The molecule has 0 aliphatic carbocycles. The van der Waals surface area contributed by atoms with Crippen molar-refractivity contribution in [1.29, 1.82) is 0 Å². The first-order valence-electron chi connectivity index (χ1n) is 5.71. The van der Waals surface area contributed by atoms with Gasteiger partial charge in [0.25, 0.3) is 5.56 Å². The SMILES string of the molecule is CC(=O)NCc1cc(Cl)cc2cc(C(=O)O)c(=O)[nH]c12. The number of halogens is 1. The summed E-state index contributed by atoms with van der Waals surface area (Å²) >= 11 is 5.96. The van der Waals surface area contributed by atoms with Gasteiger partial charge in [-0.1, -0.05) is 11.6 Å². The lowest BCUT2D eigenvalue weighted by Crippen LogP contribution is -2.21. The summed E-state index contributed by atoms with van der Waals surface area (Å²) in [6.07, 6.45) is 0. The van der Waals surface area contributed by atoms with Crippen molar-refractivity contribution in [2.24, 2.45) is 0 Å². The number of rotatable bonds is 3. The van der Waals surface area contributed by atoms with Gasteiger partial charge >= 0.3 is 5.97 Å². The van der Waals surface area contributed by atoms with Crippen LogP contribution in [0.5, 0.6) is 0 Å². The Morgan fingerprint density at radius 2 is 2.05 bits per heavy atom. The standard InChI is InChI=1S/C13H11ClN2O4/c1-6(17)15-5-8-3-9(14)2-7-4-10(13(19)20)12(18)16-11(7)8/h2-4H,5H2,1H3,(H,15,17)(H,16,18)(H,19,20). The number of pyridine rings is 1. The van der Waals surface area contributed by atoms with Crippen LogP contribution >= 0.6 is 11.6 Å². The Morgan fingerprint density at radius 3 is 2.65 bits per heavy atom. The zero-order valence-corrected chi connectivity index (χ0v) is 11.2. The van der Waals surface area contributed by atoms with E-state index in [2.05, 4.69) is 10.3 Å². The monoisotopic (exact) mass is 294 g/mol. The second-order valence-electron chi connectivity index (χ2n) is 4.26. The number of amides is 1. The second kappa shape index (κ2) is 5.34. The van der Waals surface area contributed by atoms with Gasteiger partial charge in [0, 0.05) is 23.9 Å². The van der Waals surface area contributed by atoms with Gasteiger partial charge in [-0.2, -0.15) is 0 Å². The molecule has 0 bridgehead atoms. The molecule has 1 aromatic carbocycles. The molecule has 3 N–H and O–H groups in total. The summed E-state index contributed by atoms with van der Waals surface area (Å²) < 4.78 is 0. The minimum atomic E-state index is -1.31. The topological polar surface area (TPSA) is 99.3 Å². The molecule has 2 rings (SSSR count). The Morgan fingerprint density at radius 1 is 1.35 bits per heavy atom. The molecule has 0 saturated carbocycles. The summed E-state index contributed by atoms with van der Waals surface area (Å²) in [6, 6.07) is 4.42. The Balaban J connectivity index is 2.64. The summed E-state index contributed by atoms with van der Waals surface area (Å²) in [7, 11) is 0. The number of aromatic amines is 1. The van der Waals surface area contributed by atoms with Crippen molar-refractivity contribution >= 4 is 34.4 Å². The first-order chi connectivity index (χ1) is 9.38. The van der Waals surface area contributed by atoms with Crippen LogP contribution in [0.4, 0.5) is 0 Å². The summed E-state index contributed by atoms with van der Waals surface area (Å²) in [5.74, 6) is -1.53. The molecular weight excluding hydrogens is 284 g/mol. The molecule has 1 amide bonds. The van der Waals surface area contributed by atoms with Gasteiger partial charge in [0.1, 0.15) is 5.56 Å². The molecule has 7 heteroatoms. The quantitative estimate of drug-likeness (QED) is 0.799. The van der Waals surface area contributed by atoms with Gasteiger partial charge in [-0.3, -0.25) is 9.59 Å². The fraction of sp³-hybridized carbons (Fsp3) is 0.154. The van der Waals surface area contributed by atoms with E-state index in [1.807, 2.05) is 0 Å². The van der Waals surface area contributed by atoms with Gasteiger partial charge < -0.3 is 15.4 Å². The Kier molecular flexibility index (Phi) is 3.76. The summed E-state index contributed by atoms with van der Waals surface area (Å²) in [5, 5.41) is 12.4. The summed E-state index contributed by atoms with van der Waals surface area (Å²) in [4.78, 5) is 36.1. The van der Waals surface area contributed by atoms with Gasteiger partial charge in [-0.05, 0) is 23.8 Å². The van der Waals surface area contributed by atoms with Gasteiger partial charge in [-0.25, -0.2) is 4.79 Å². The molecule has 1 heterocycles. The molecule has 0 unspecified atom stereocenters. The number of benzene rings is 1. The molecular formula is C13H11ClN2O4. The highest BCUT2D eigenvalue weighted by Crippen LogP contribution is 2.22. The number of aromatic nitrogens is 1. The smallest absolute Gasteiger partial charge is 0.341 e. The summed E-state index contributed by atoms with van der Waals surface area (Å²) in [6.45, 7) is 1.56. The van der Waals surface area contributed by atoms with E-state index >= 15 is 0 Å². The number of aromatic carboxylic acids is 1. The van der Waals surface area contributed by atoms with E-state index in [0.717, 1.165) is 0 Å². The molecule has 1 aromatic heterocycles. The largest absolute Gasteiger partial charge is 0.477 e. The second-order valence-corrected chi connectivity index (χ2v) is 4.69. The zero-order valence-electron chi connectivity index (χ0n) is 10.5. The van der Waals surface area contributed by atoms with Gasteiger partial charge in [0.15, 0.2) is 0 Å². The maximum absolute atomic E-state index is 11.7. The van der Waals surface area contributed by atoms with E-state index < -0.39 is 11.5 Å². The van der Waals surface area contributed by atoms with Crippen molar-refractivity contribution in [1.82, 2.24) is 10.3 Å². The van der Waals surface area contributed by atoms with E-state index in [1.165, 1.54) is 13.0 Å². The summed E-state index contributed by atoms with van der Waals surface area (Å²) in [5.41, 5.74) is 0.0107. The number of carbonyl (C=O) groups excluding carboxylic acids is 1. The van der Waals surface area contributed by atoms with Crippen molar-refractivity contribution in [2.75, 3.05) is 0 Å². The van der Waals surface area contributed by atoms with Gasteiger partial charge in [0.2, 0.25) is 5.91 Å². The predicted molar refractivity (Wildman–Crippen MR) is 74.1 cm³/mol. The third-order valence-corrected chi connectivity index (χ3v) is 2.97. The average Bonchev–Trinajstić information content (AvgIpc) is 2.35. The van der Waals surface area contributed by atoms with Crippen molar-refractivity contribution < 1.29 is 14.7 Å². The lowest BCUT2D eigenvalue weighted by molar-refractivity contribution is -0.119. The molecule has 2 aromatic rings. The van der Waals surface area contributed by atoms with Crippen LogP contribution in [0.25, 0.3) is 10.9 Å². The number of hydrogen-bond donors (Lipinski definition) is 3. The minimum Gasteiger partial charge on any atom is -0.477 e. The van der Waals surface area contributed by atoms with Crippen molar-refractivity contribution in [3.8, 4) is 0 Å². The third-order valence-electron chi connectivity index (χ3n) is 2.76. The highest BCUT2D eigenvalue weighted by molar-refractivity contribution is 6.31. The Bertz CT molecular complexity index is 767. The number of H-pyrrole nitrogens is 1. The number of fused-ring (bicyclic) bond motifs is 1. The number of carboxylic acid groups (broad SMARTS) is 1. The molecule has 6 nitrogen and oxygen atoms in total. The normalized spacial score (nSPS) is 10.5. The maximum Gasteiger partial charge on any atom is 0.341 e. The van der Waals surface area contributed by atoms with Gasteiger partial charge in [-0.15, -0.1) is 0 Å². The average molecular weight is 295 g/mol. The van der Waals surface area contributed by atoms with Crippen molar-refractivity contribution in [3.05, 3.63) is 44.7 Å². The van der Waals surface area contributed by atoms with Crippen LogP contribution < -0.4 is 10.9 Å². The van der Waals surface area contributed by atoms with Crippen LogP contribution in [0.3, 0.4) is 0 Å². The van der Waals surface area contributed by atoms with E-state index in [0.29, 0.717) is 21.5 Å². The van der Waals surface area contributed by atoms with Crippen LogP contribution in [0.15, 0.2) is 23.0 Å². The van der Waals surface area contributed by atoms with Crippen molar-refractivity contribution in [2.45, 2.75) is 13.5 Å². The van der Waals surface area contributed by atoms with Crippen molar-refractivity contribution in [3.63, 3.8) is 0 Å². The van der Waals surface area contributed by atoms with E-state index in [9.17, 15) is 14.4 Å². The highest BCUT2D eigenvalue weighted by atomic mass is 35.5. The molecule has 0 fully saturated rings. The molecule has 104 valence electrons. The molecule has 0 aliphatic heterocycles. The van der Waals surface area contributed by atoms with E-state index in [-0.39, 0.29) is 18.0 Å². The molecule has 0 spiro atoms. The Hall–Kier alpha value is -2.34. The number of nitrogens with one attached hydrogen (secondary N) is 2. The minimum absolute atomic E-state index is 0.189. The molecule has 0 atom stereocenters. The lowest BCUT2D eigenvalue weighted by Gasteiger charge is -2.08. The first kappa shape index (κ1) is 14.1. The van der Waals surface area contributed by atoms with E-state index in [1.54, 1.807) is 12.1 Å². The zero-order chi connectivity index (χ0) is 14.9. The predicted octanol–water partition coefficient (Wildman–Crippen LogP) is 1.52. The fourth-order valence-electron chi connectivity index (χ4n) is 1.87. The fourth-order valence-corrected chi connectivity index (χ4v) is 2.12. The first-order valence-corrected chi connectivity index (χ1v) is 6.09. The van der Waals surface area contributed by atoms with Crippen LogP contribution in [0, 0.1) is 0 Å². The van der Waals surface area contributed by atoms with Crippen LogP contribution in [-0.2, 0) is 11.3 Å². The molecule has 0 aliphatic rings. The van der Waals surface area contributed by atoms with Crippen LogP contribution in [-0.4, -0.2) is 22.0 Å². The maximum atomic E-state index is 11.7. The Labute approximate surface area is 118 Å². The molecule has 20 heavy (non-hydrogen) atoms. The molecule has 0 saturated heterocycles. The van der Waals surface area contributed by atoms with Crippen LogP contribution in [0.1, 0.15) is 22.8 Å². The molecule has 0 radical (unpaired) electrons. The number of carboxylic acids is 1. The van der Waals surface area contributed by atoms with E-state index in [4.69, 9.17) is 16.7 Å². The van der Waals surface area contributed by atoms with Crippen LogP contribution in [0.2, 0.25) is 5.02 Å². The number of hydrogen-bond acceptors (Lipinski definition) is 3. The lowest BCUT2D eigenvalue weighted by atomic mass is 10.1.